The molecule has 0 heterocycles. The SMILES string of the molecule is CSc1cc(C)c(O)cc1CS(=O)(=O)Cl. The lowest BCUT2D eigenvalue weighted by atomic mass is 10.1. The first kappa shape index (κ1) is 12.7. The van der Waals surface area contributed by atoms with Crippen molar-refractivity contribution >= 4 is 31.5 Å². The van der Waals surface area contributed by atoms with Gasteiger partial charge in [0.2, 0.25) is 9.05 Å². The summed E-state index contributed by atoms with van der Waals surface area (Å²) < 4.78 is 21.9. The van der Waals surface area contributed by atoms with Crippen molar-refractivity contribution in [1.29, 1.82) is 0 Å². The van der Waals surface area contributed by atoms with E-state index in [1.165, 1.54) is 17.8 Å². The van der Waals surface area contributed by atoms with Crippen molar-refractivity contribution < 1.29 is 13.5 Å². The highest BCUT2D eigenvalue weighted by molar-refractivity contribution is 8.13. The largest absolute Gasteiger partial charge is 0.508 e. The molecule has 0 fully saturated rings. The molecule has 0 aliphatic rings. The maximum Gasteiger partial charge on any atom is 0.236 e. The van der Waals surface area contributed by atoms with Crippen molar-refractivity contribution in [2.24, 2.45) is 0 Å². The molecule has 0 unspecified atom stereocenters. The van der Waals surface area contributed by atoms with Gasteiger partial charge in [-0.3, -0.25) is 0 Å². The second-order valence-corrected chi connectivity index (χ2v) is 6.76. The lowest BCUT2D eigenvalue weighted by Gasteiger charge is -2.08. The van der Waals surface area contributed by atoms with Crippen molar-refractivity contribution in [3.63, 3.8) is 0 Å². The standard InChI is InChI=1S/C9H11ClO3S2/c1-6-3-9(14-2)7(4-8(6)11)5-15(10,12)13/h3-4,11H,5H2,1-2H3. The quantitative estimate of drug-likeness (QED) is 0.675. The summed E-state index contributed by atoms with van der Waals surface area (Å²) in [5.74, 6) is -0.179. The molecule has 0 saturated heterocycles. The zero-order chi connectivity index (χ0) is 11.6. The van der Waals surface area contributed by atoms with E-state index in [1.807, 2.05) is 6.26 Å². The van der Waals surface area contributed by atoms with Crippen LogP contribution >= 0.6 is 22.4 Å². The van der Waals surface area contributed by atoms with Gasteiger partial charge in [0.1, 0.15) is 5.75 Å². The summed E-state index contributed by atoms with van der Waals surface area (Å²) in [7, 11) is 1.58. The van der Waals surface area contributed by atoms with E-state index >= 15 is 0 Å². The Kier molecular flexibility index (Phi) is 3.92. The molecule has 1 N–H and O–H groups in total. The van der Waals surface area contributed by atoms with E-state index < -0.39 is 9.05 Å². The molecule has 84 valence electrons. The first-order valence-electron chi connectivity index (χ1n) is 4.12. The summed E-state index contributed by atoms with van der Waals surface area (Å²) in [5, 5.41) is 9.47. The molecule has 1 aromatic rings. The predicted octanol–water partition coefficient (Wildman–Crippen LogP) is 2.49. The zero-order valence-electron chi connectivity index (χ0n) is 8.32. The Hall–Kier alpha value is -0.390. The smallest absolute Gasteiger partial charge is 0.236 e. The van der Waals surface area contributed by atoms with Crippen LogP contribution in [-0.2, 0) is 14.8 Å². The molecule has 0 atom stereocenters. The van der Waals surface area contributed by atoms with Gasteiger partial charge in [-0.25, -0.2) is 8.42 Å². The minimum Gasteiger partial charge on any atom is -0.508 e. The number of phenols is 1. The van der Waals surface area contributed by atoms with Crippen molar-refractivity contribution in [1.82, 2.24) is 0 Å². The minimum absolute atomic E-state index is 0.0862. The number of benzene rings is 1. The Balaban J connectivity index is 3.22. The maximum absolute atomic E-state index is 10.9. The van der Waals surface area contributed by atoms with Crippen LogP contribution in [0.15, 0.2) is 17.0 Å². The second kappa shape index (κ2) is 4.63. The fourth-order valence-electron chi connectivity index (χ4n) is 1.20. The monoisotopic (exact) mass is 266 g/mol. The third-order valence-electron chi connectivity index (χ3n) is 1.93. The third kappa shape index (κ3) is 3.59. The normalized spacial score (nSPS) is 11.7. The van der Waals surface area contributed by atoms with Gasteiger partial charge in [-0.1, -0.05) is 0 Å². The molecule has 0 aliphatic heterocycles. The Morgan fingerprint density at radius 2 is 2.07 bits per heavy atom. The van der Waals surface area contributed by atoms with E-state index in [0.717, 1.165) is 10.5 Å². The summed E-state index contributed by atoms with van der Waals surface area (Å²) in [6.45, 7) is 1.76. The van der Waals surface area contributed by atoms with Crippen LogP contribution in [0.25, 0.3) is 0 Å². The van der Waals surface area contributed by atoms with Gasteiger partial charge in [-0.2, -0.15) is 0 Å². The molecule has 0 bridgehead atoms. The van der Waals surface area contributed by atoms with Crippen molar-refractivity contribution in [2.75, 3.05) is 6.26 Å². The van der Waals surface area contributed by atoms with Crippen LogP contribution in [0.1, 0.15) is 11.1 Å². The van der Waals surface area contributed by atoms with Gasteiger partial charge in [0, 0.05) is 15.6 Å². The Morgan fingerprint density at radius 3 is 2.53 bits per heavy atom. The van der Waals surface area contributed by atoms with E-state index in [2.05, 4.69) is 0 Å². The van der Waals surface area contributed by atoms with E-state index in [1.54, 1.807) is 13.0 Å². The lowest BCUT2D eigenvalue weighted by Crippen LogP contribution is -1.97. The molecule has 0 amide bonds. The predicted molar refractivity (Wildman–Crippen MR) is 63.1 cm³/mol. The van der Waals surface area contributed by atoms with Gasteiger partial charge in [0.15, 0.2) is 0 Å². The van der Waals surface area contributed by atoms with Crippen LogP contribution in [0.2, 0.25) is 0 Å². The van der Waals surface area contributed by atoms with Gasteiger partial charge < -0.3 is 5.11 Å². The summed E-state index contributed by atoms with van der Waals surface area (Å²) in [6.07, 6.45) is 1.84. The number of thioether (sulfide) groups is 1. The molecular formula is C9H11ClO3S2. The highest BCUT2D eigenvalue weighted by Gasteiger charge is 2.13. The van der Waals surface area contributed by atoms with Crippen LogP contribution < -0.4 is 0 Å². The fraction of sp³-hybridized carbons (Fsp3) is 0.333. The van der Waals surface area contributed by atoms with Gasteiger partial charge in [0.05, 0.1) is 5.75 Å². The number of rotatable bonds is 3. The van der Waals surface area contributed by atoms with Crippen LogP contribution in [0, 0.1) is 6.92 Å². The molecule has 1 aromatic carbocycles. The van der Waals surface area contributed by atoms with E-state index in [0.29, 0.717) is 5.56 Å². The van der Waals surface area contributed by atoms with Crippen LogP contribution in [0.5, 0.6) is 5.75 Å². The van der Waals surface area contributed by atoms with Gasteiger partial charge >= 0.3 is 0 Å². The zero-order valence-corrected chi connectivity index (χ0v) is 10.7. The molecule has 0 spiro atoms. The Labute approximate surface area is 97.9 Å². The number of halogens is 1. The summed E-state index contributed by atoms with van der Waals surface area (Å²) in [5.41, 5.74) is 1.25. The average molecular weight is 267 g/mol. The first-order valence-corrected chi connectivity index (χ1v) is 7.82. The molecule has 6 heteroatoms. The average Bonchev–Trinajstić information content (AvgIpc) is 2.08. The Bertz CT molecular complexity index is 468. The molecular weight excluding hydrogens is 256 g/mol. The summed E-state index contributed by atoms with van der Waals surface area (Å²) in [4.78, 5) is 0.814. The van der Waals surface area contributed by atoms with Crippen LogP contribution in [0.3, 0.4) is 0 Å². The number of phenolic OH excluding ortho intramolecular Hbond substituents is 1. The minimum atomic E-state index is -3.59. The summed E-state index contributed by atoms with van der Waals surface area (Å²) >= 11 is 1.42. The molecule has 0 saturated carbocycles. The van der Waals surface area contributed by atoms with Gasteiger partial charge in [-0.15, -0.1) is 11.8 Å². The van der Waals surface area contributed by atoms with Crippen molar-refractivity contribution in [3.05, 3.63) is 23.3 Å². The highest BCUT2D eigenvalue weighted by atomic mass is 35.7. The van der Waals surface area contributed by atoms with Crippen LogP contribution in [0.4, 0.5) is 0 Å². The van der Waals surface area contributed by atoms with E-state index in [4.69, 9.17) is 10.7 Å². The topological polar surface area (TPSA) is 54.4 Å². The molecule has 0 aliphatic carbocycles. The van der Waals surface area contributed by atoms with Crippen LogP contribution in [-0.4, -0.2) is 19.8 Å². The maximum atomic E-state index is 10.9. The molecule has 15 heavy (non-hydrogen) atoms. The van der Waals surface area contributed by atoms with Crippen molar-refractivity contribution in [3.8, 4) is 5.75 Å². The van der Waals surface area contributed by atoms with Gasteiger partial charge in [0.25, 0.3) is 0 Å². The van der Waals surface area contributed by atoms with Crippen molar-refractivity contribution in [2.45, 2.75) is 17.6 Å². The summed E-state index contributed by atoms with van der Waals surface area (Å²) in [6, 6.07) is 3.19. The second-order valence-electron chi connectivity index (χ2n) is 3.13. The number of hydrogen-bond acceptors (Lipinski definition) is 4. The molecule has 0 aromatic heterocycles. The van der Waals surface area contributed by atoms with Gasteiger partial charge in [-0.05, 0) is 36.4 Å². The number of aromatic hydroxyl groups is 1. The molecule has 0 radical (unpaired) electrons. The van der Waals surface area contributed by atoms with E-state index in [-0.39, 0.29) is 11.5 Å². The molecule has 1 rings (SSSR count). The fourth-order valence-corrected chi connectivity index (χ4v) is 2.94. The number of hydrogen-bond donors (Lipinski definition) is 1. The highest BCUT2D eigenvalue weighted by Crippen LogP contribution is 2.29. The lowest BCUT2D eigenvalue weighted by molar-refractivity contribution is 0.470. The molecule has 3 nitrogen and oxygen atoms in total. The number of aryl methyl sites for hydroxylation is 1. The third-order valence-corrected chi connectivity index (χ3v) is 3.73. The first-order chi connectivity index (χ1) is 6.83. The van der Waals surface area contributed by atoms with E-state index in [9.17, 15) is 13.5 Å². The Morgan fingerprint density at radius 1 is 1.47 bits per heavy atom.